The summed E-state index contributed by atoms with van der Waals surface area (Å²) in [5.74, 6) is -0.979. The maximum Gasteiger partial charge on any atom is 0.416 e. The Balaban J connectivity index is 1.82. The minimum absolute atomic E-state index is 0.0143. The van der Waals surface area contributed by atoms with E-state index >= 15 is 0 Å². The van der Waals surface area contributed by atoms with Gasteiger partial charge < -0.3 is 10.6 Å². The Morgan fingerprint density at radius 2 is 1.69 bits per heavy atom. The van der Waals surface area contributed by atoms with Gasteiger partial charge in [-0.3, -0.25) is 9.59 Å². The van der Waals surface area contributed by atoms with Crippen LogP contribution in [0.1, 0.15) is 44.7 Å². The van der Waals surface area contributed by atoms with Gasteiger partial charge in [-0.15, -0.1) is 0 Å². The quantitative estimate of drug-likeness (QED) is 0.883. The predicted molar refractivity (Wildman–Crippen MR) is 89.3 cm³/mol. The minimum Gasteiger partial charge on any atom is -0.366 e. The van der Waals surface area contributed by atoms with Crippen molar-refractivity contribution in [2.45, 2.75) is 31.6 Å². The first-order valence-electron chi connectivity index (χ1n) is 8.12. The zero-order valence-electron chi connectivity index (χ0n) is 13.8. The van der Waals surface area contributed by atoms with Gasteiger partial charge in [-0.05, 0) is 48.7 Å². The number of carbonyl (C=O) groups is 2. The molecule has 0 heterocycles. The van der Waals surface area contributed by atoms with Crippen molar-refractivity contribution in [1.82, 2.24) is 4.90 Å². The Hall–Kier alpha value is -2.83. The van der Waals surface area contributed by atoms with Crippen LogP contribution in [0.3, 0.4) is 0 Å². The molecule has 0 spiro atoms. The standard InChI is InChI=1S/C19H17F3N2O2/c20-19(21,22)15-3-1-2-14(10-15)18(26)24(16-8-9-16)11-12-4-6-13(7-5-12)17(23)25/h1-7,10,16H,8-9,11H2,(H2,23,25). The van der Waals surface area contributed by atoms with E-state index < -0.39 is 23.6 Å². The first kappa shape index (κ1) is 18.0. The van der Waals surface area contributed by atoms with E-state index in [0.29, 0.717) is 5.56 Å². The molecule has 1 saturated carbocycles. The van der Waals surface area contributed by atoms with Crippen molar-refractivity contribution >= 4 is 11.8 Å². The predicted octanol–water partition coefficient (Wildman–Crippen LogP) is 3.61. The lowest BCUT2D eigenvalue weighted by atomic mass is 10.1. The summed E-state index contributed by atoms with van der Waals surface area (Å²) in [5, 5.41) is 0. The molecule has 26 heavy (non-hydrogen) atoms. The van der Waals surface area contributed by atoms with Crippen LogP contribution in [0.2, 0.25) is 0 Å². The third-order valence-electron chi connectivity index (χ3n) is 4.28. The molecule has 7 heteroatoms. The van der Waals surface area contributed by atoms with Gasteiger partial charge in [0.05, 0.1) is 5.56 Å². The van der Waals surface area contributed by atoms with Gasteiger partial charge in [-0.1, -0.05) is 18.2 Å². The zero-order valence-corrected chi connectivity index (χ0v) is 13.8. The number of primary amides is 1. The topological polar surface area (TPSA) is 63.4 Å². The Morgan fingerprint density at radius 3 is 2.23 bits per heavy atom. The summed E-state index contributed by atoms with van der Waals surface area (Å²) in [7, 11) is 0. The van der Waals surface area contributed by atoms with Gasteiger partial charge in [0.15, 0.2) is 0 Å². The van der Waals surface area contributed by atoms with Crippen molar-refractivity contribution in [3.63, 3.8) is 0 Å². The van der Waals surface area contributed by atoms with Crippen LogP contribution in [0.5, 0.6) is 0 Å². The molecular weight excluding hydrogens is 345 g/mol. The second kappa shape index (κ2) is 6.82. The first-order valence-corrected chi connectivity index (χ1v) is 8.12. The van der Waals surface area contributed by atoms with E-state index in [4.69, 9.17) is 5.73 Å². The molecule has 0 aromatic heterocycles. The monoisotopic (exact) mass is 362 g/mol. The number of nitrogens with zero attached hydrogens (tertiary/aromatic N) is 1. The fourth-order valence-electron chi connectivity index (χ4n) is 2.72. The number of carbonyl (C=O) groups excluding carboxylic acids is 2. The van der Waals surface area contributed by atoms with Gasteiger partial charge in [-0.2, -0.15) is 13.2 Å². The molecule has 2 N–H and O–H groups in total. The fourth-order valence-corrected chi connectivity index (χ4v) is 2.72. The molecule has 0 atom stereocenters. The Kier molecular flexibility index (Phi) is 4.71. The van der Waals surface area contributed by atoms with E-state index in [-0.39, 0.29) is 18.2 Å². The van der Waals surface area contributed by atoms with Crippen LogP contribution in [0.4, 0.5) is 13.2 Å². The van der Waals surface area contributed by atoms with E-state index in [1.165, 1.54) is 12.1 Å². The number of halogens is 3. The molecular formula is C19H17F3N2O2. The summed E-state index contributed by atoms with van der Waals surface area (Å²) < 4.78 is 38.7. The highest BCUT2D eigenvalue weighted by Crippen LogP contribution is 2.32. The molecule has 2 aromatic carbocycles. The third kappa shape index (κ3) is 4.04. The van der Waals surface area contributed by atoms with Gasteiger partial charge in [0.25, 0.3) is 5.91 Å². The Morgan fingerprint density at radius 1 is 1.04 bits per heavy atom. The van der Waals surface area contributed by atoms with Crippen LogP contribution in [0.15, 0.2) is 48.5 Å². The number of amides is 2. The number of benzene rings is 2. The van der Waals surface area contributed by atoms with Crippen molar-refractivity contribution in [2.75, 3.05) is 0 Å². The first-order chi connectivity index (χ1) is 12.3. The minimum atomic E-state index is -4.49. The van der Waals surface area contributed by atoms with E-state index in [1.807, 2.05) is 0 Å². The molecule has 1 aliphatic rings. The lowest BCUT2D eigenvalue weighted by Gasteiger charge is -2.23. The largest absolute Gasteiger partial charge is 0.416 e. The van der Waals surface area contributed by atoms with Crippen LogP contribution < -0.4 is 5.73 Å². The number of nitrogens with two attached hydrogens (primary N) is 1. The van der Waals surface area contributed by atoms with Gasteiger partial charge >= 0.3 is 6.18 Å². The average Bonchev–Trinajstić information content (AvgIpc) is 3.44. The highest BCUT2D eigenvalue weighted by molar-refractivity contribution is 5.95. The maximum atomic E-state index is 12.9. The molecule has 4 nitrogen and oxygen atoms in total. The fraction of sp³-hybridized carbons (Fsp3) is 0.263. The Bertz CT molecular complexity index is 827. The summed E-state index contributed by atoms with van der Waals surface area (Å²) in [4.78, 5) is 25.5. The van der Waals surface area contributed by atoms with Gasteiger partial charge in [0.1, 0.15) is 0 Å². The van der Waals surface area contributed by atoms with Gasteiger partial charge in [0, 0.05) is 23.7 Å². The molecule has 0 bridgehead atoms. The summed E-state index contributed by atoms with van der Waals surface area (Å²) in [6, 6.07) is 11.0. The number of hydrogen-bond acceptors (Lipinski definition) is 2. The molecule has 0 unspecified atom stereocenters. The smallest absolute Gasteiger partial charge is 0.366 e. The summed E-state index contributed by atoms with van der Waals surface area (Å²) in [6.45, 7) is 0.263. The molecule has 136 valence electrons. The zero-order chi connectivity index (χ0) is 18.9. The summed E-state index contributed by atoms with van der Waals surface area (Å²) >= 11 is 0. The molecule has 1 fully saturated rings. The van der Waals surface area contributed by atoms with Crippen LogP contribution >= 0.6 is 0 Å². The Labute approximate surface area is 148 Å². The van der Waals surface area contributed by atoms with E-state index in [2.05, 4.69) is 0 Å². The average molecular weight is 362 g/mol. The number of hydrogen-bond donors (Lipinski definition) is 1. The van der Waals surface area contributed by atoms with Crippen molar-refractivity contribution in [2.24, 2.45) is 5.73 Å². The van der Waals surface area contributed by atoms with Crippen molar-refractivity contribution in [3.05, 3.63) is 70.8 Å². The molecule has 2 aromatic rings. The lowest BCUT2D eigenvalue weighted by molar-refractivity contribution is -0.137. The van der Waals surface area contributed by atoms with Gasteiger partial charge in [0.2, 0.25) is 5.91 Å². The summed E-state index contributed by atoms with van der Waals surface area (Å²) in [5.41, 5.74) is 5.51. The van der Waals surface area contributed by atoms with Crippen molar-refractivity contribution in [3.8, 4) is 0 Å². The van der Waals surface area contributed by atoms with Crippen LogP contribution in [-0.4, -0.2) is 22.8 Å². The van der Waals surface area contributed by atoms with Crippen molar-refractivity contribution in [1.29, 1.82) is 0 Å². The normalized spacial score (nSPS) is 14.1. The molecule has 0 aliphatic heterocycles. The highest BCUT2D eigenvalue weighted by Gasteiger charge is 2.35. The third-order valence-corrected chi connectivity index (χ3v) is 4.28. The van der Waals surface area contributed by atoms with Crippen LogP contribution in [0, 0.1) is 0 Å². The maximum absolute atomic E-state index is 12.9. The molecule has 1 aliphatic carbocycles. The van der Waals surface area contributed by atoms with E-state index in [1.54, 1.807) is 29.2 Å². The second-order valence-electron chi connectivity index (χ2n) is 6.30. The SMILES string of the molecule is NC(=O)c1ccc(CN(C(=O)c2cccc(C(F)(F)F)c2)C2CC2)cc1. The number of rotatable bonds is 5. The molecule has 2 amide bonds. The molecule has 3 rings (SSSR count). The lowest BCUT2D eigenvalue weighted by Crippen LogP contribution is -2.32. The highest BCUT2D eigenvalue weighted by atomic mass is 19.4. The van der Waals surface area contributed by atoms with Gasteiger partial charge in [-0.25, -0.2) is 0 Å². The molecule has 0 saturated heterocycles. The van der Waals surface area contributed by atoms with Crippen LogP contribution in [0.25, 0.3) is 0 Å². The van der Waals surface area contributed by atoms with Crippen molar-refractivity contribution < 1.29 is 22.8 Å². The van der Waals surface area contributed by atoms with E-state index in [9.17, 15) is 22.8 Å². The molecule has 0 radical (unpaired) electrons. The second-order valence-corrected chi connectivity index (χ2v) is 6.30. The number of alkyl halides is 3. The summed E-state index contributed by atoms with van der Waals surface area (Å²) in [6.07, 6.45) is -2.85. The van der Waals surface area contributed by atoms with Crippen LogP contribution in [-0.2, 0) is 12.7 Å². The van der Waals surface area contributed by atoms with E-state index in [0.717, 1.165) is 30.5 Å².